The summed E-state index contributed by atoms with van der Waals surface area (Å²) in [6.45, 7) is 5.47. The molecule has 2 atom stereocenters. The molecule has 1 aromatic carbocycles. The molecule has 10 heteroatoms. The van der Waals surface area contributed by atoms with Crippen LogP contribution in [0.15, 0.2) is 40.6 Å². The number of benzene rings is 1. The molecule has 1 aliphatic heterocycles. The number of carbonyl (C=O) groups is 1. The normalized spacial score (nSPS) is 15.1. The molecule has 0 fully saturated rings. The van der Waals surface area contributed by atoms with E-state index in [1.807, 2.05) is 48.6 Å². The van der Waals surface area contributed by atoms with Gasteiger partial charge in [-0.1, -0.05) is 11.6 Å². The number of aromatic nitrogens is 3. The van der Waals surface area contributed by atoms with E-state index in [4.69, 9.17) is 16.6 Å². The third kappa shape index (κ3) is 4.66. The van der Waals surface area contributed by atoms with Gasteiger partial charge in [0, 0.05) is 48.2 Å². The number of imidazole rings is 1. The first kappa shape index (κ1) is 24.5. The summed E-state index contributed by atoms with van der Waals surface area (Å²) >= 11 is 7.89. The number of thiophene rings is 1. The van der Waals surface area contributed by atoms with Crippen molar-refractivity contribution in [1.82, 2.24) is 24.8 Å². The van der Waals surface area contributed by atoms with Gasteiger partial charge in [0.2, 0.25) is 0 Å². The van der Waals surface area contributed by atoms with E-state index in [2.05, 4.69) is 34.0 Å². The topological polar surface area (TPSA) is 97.1 Å². The molecule has 1 amide bonds. The lowest BCUT2D eigenvalue weighted by Gasteiger charge is -2.26. The number of likely N-dealkylation sites (N-methyl/N-ethyl adjacent to an activating group) is 1. The van der Waals surface area contributed by atoms with Crippen LogP contribution in [0.4, 0.5) is 5.69 Å². The van der Waals surface area contributed by atoms with Gasteiger partial charge in [0.1, 0.15) is 11.4 Å². The van der Waals surface area contributed by atoms with Crippen molar-refractivity contribution in [1.29, 1.82) is 0 Å². The third-order valence-electron chi connectivity index (χ3n) is 6.48. The van der Waals surface area contributed by atoms with E-state index in [0.717, 1.165) is 39.5 Å². The predicted molar refractivity (Wildman–Crippen MR) is 146 cm³/mol. The first-order chi connectivity index (χ1) is 17.2. The molecule has 4 aromatic rings. The molecule has 188 valence electrons. The molecule has 3 N–H and O–H groups in total. The summed E-state index contributed by atoms with van der Waals surface area (Å²) in [7, 11) is 4.01. The fourth-order valence-corrected chi connectivity index (χ4v) is 6.08. The molecule has 5 rings (SSSR count). The van der Waals surface area contributed by atoms with Gasteiger partial charge in [-0.25, -0.2) is 4.98 Å². The van der Waals surface area contributed by atoms with E-state index in [0.29, 0.717) is 29.2 Å². The van der Waals surface area contributed by atoms with Crippen molar-refractivity contribution in [2.75, 3.05) is 26.0 Å². The second-order valence-electron chi connectivity index (χ2n) is 9.69. The second-order valence-corrected chi connectivity index (χ2v) is 11.1. The number of rotatable bonds is 8. The molecule has 36 heavy (non-hydrogen) atoms. The number of carbonyl (C=O) groups excluding carboxylic acids is 1. The highest BCUT2D eigenvalue weighted by atomic mass is 35.5. The highest BCUT2D eigenvalue weighted by molar-refractivity contribution is 7.10. The van der Waals surface area contributed by atoms with Gasteiger partial charge in [0.05, 0.1) is 21.7 Å². The monoisotopic (exact) mass is 524 g/mol. The molecule has 3 aromatic heterocycles. The van der Waals surface area contributed by atoms with E-state index in [9.17, 15) is 9.59 Å². The van der Waals surface area contributed by atoms with Crippen LogP contribution in [0.25, 0.3) is 22.4 Å². The van der Waals surface area contributed by atoms with E-state index in [1.165, 1.54) is 0 Å². The van der Waals surface area contributed by atoms with Crippen LogP contribution in [-0.2, 0) is 13.0 Å². The summed E-state index contributed by atoms with van der Waals surface area (Å²) in [5.41, 5.74) is 3.98. The lowest BCUT2D eigenvalue weighted by Crippen LogP contribution is -2.40. The number of anilines is 1. The molecular weight excluding hydrogens is 496 g/mol. The first-order valence-corrected chi connectivity index (χ1v) is 13.2. The molecule has 0 bridgehead atoms. The van der Waals surface area contributed by atoms with Crippen LogP contribution in [0.2, 0.25) is 5.02 Å². The molecule has 0 unspecified atom stereocenters. The number of hydrogen-bond acceptors (Lipinski definition) is 6. The van der Waals surface area contributed by atoms with Crippen LogP contribution in [-0.4, -0.2) is 63.4 Å². The van der Waals surface area contributed by atoms with Gasteiger partial charge < -0.3 is 25.1 Å². The molecule has 0 radical (unpaired) electrons. The highest BCUT2D eigenvalue weighted by Crippen LogP contribution is 2.31. The number of amides is 1. The Kier molecular flexibility index (Phi) is 6.63. The molecule has 1 aliphatic rings. The van der Waals surface area contributed by atoms with Crippen LogP contribution in [0, 0.1) is 0 Å². The zero-order chi connectivity index (χ0) is 25.6. The molecule has 4 heterocycles. The molecule has 0 saturated heterocycles. The van der Waals surface area contributed by atoms with E-state index in [1.54, 1.807) is 17.5 Å². The van der Waals surface area contributed by atoms with Crippen molar-refractivity contribution in [2.24, 2.45) is 0 Å². The second kappa shape index (κ2) is 9.72. The average Bonchev–Trinajstić information content (AvgIpc) is 3.49. The zero-order valence-electron chi connectivity index (χ0n) is 20.7. The number of aromatic amines is 2. The maximum atomic E-state index is 13.1. The van der Waals surface area contributed by atoms with E-state index >= 15 is 0 Å². The van der Waals surface area contributed by atoms with Crippen LogP contribution < -0.4 is 10.9 Å². The minimum Gasteiger partial charge on any atom is -0.381 e. The number of nitrogens with one attached hydrogen (secondary N) is 3. The Morgan fingerprint density at radius 2 is 2.06 bits per heavy atom. The number of nitrogens with zero attached hydrogens (tertiary/aromatic N) is 3. The average molecular weight is 525 g/mol. The Labute approximate surface area is 218 Å². The quantitative estimate of drug-likeness (QED) is 0.313. The Bertz CT molecular complexity index is 1490. The number of H-pyrrole nitrogens is 2. The molecule has 8 nitrogen and oxygen atoms in total. The largest absolute Gasteiger partial charge is 0.381 e. The number of halogens is 1. The van der Waals surface area contributed by atoms with Crippen LogP contribution in [0.1, 0.15) is 34.6 Å². The summed E-state index contributed by atoms with van der Waals surface area (Å²) < 4.78 is 0. The summed E-state index contributed by atoms with van der Waals surface area (Å²) in [6, 6.07) is 7.69. The number of pyridine rings is 1. The van der Waals surface area contributed by atoms with Gasteiger partial charge in [-0.05, 0) is 63.2 Å². The molecule has 0 saturated carbocycles. The van der Waals surface area contributed by atoms with Gasteiger partial charge >= 0.3 is 0 Å². The van der Waals surface area contributed by atoms with E-state index in [-0.39, 0.29) is 23.6 Å². The highest BCUT2D eigenvalue weighted by Gasteiger charge is 2.32. The minimum atomic E-state index is -0.243. The number of hydrogen-bond donors (Lipinski definition) is 3. The summed E-state index contributed by atoms with van der Waals surface area (Å²) in [4.78, 5) is 41.9. The fraction of sp³-hybridized carbons (Fsp3) is 0.346. The van der Waals surface area contributed by atoms with Crippen molar-refractivity contribution in [3.05, 3.63) is 67.2 Å². The van der Waals surface area contributed by atoms with Crippen molar-refractivity contribution in [3.63, 3.8) is 0 Å². The Morgan fingerprint density at radius 3 is 2.78 bits per heavy atom. The van der Waals surface area contributed by atoms with Crippen molar-refractivity contribution in [3.8, 4) is 11.4 Å². The Hall–Kier alpha value is -3.14. The maximum Gasteiger partial charge on any atom is 0.261 e. The predicted octanol–water partition coefficient (Wildman–Crippen LogP) is 4.58. The maximum absolute atomic E-state index is 13.1. The SMILES string of the molecule is C[C@@H](Cc1sccc1Cl)Nc1cc[nH]c(=O)c1-c1nc2cc3c(cc2[nH]1)C(=O)N([C@@H](C)CN(C)C)C3. The third-order valence-corrected chi connectivity index (χ3v) is 7.89. The standard InChI is InChI=1S/C26H29ClN6O2S/c1-14(9-22-18(27)6-8-36-22)29-19-5-7-28-25(34)23(19)24-30-20-10-16-13-33(15(2)12-32(3)4)26(35)17(16)11-21(20)31-24/h5-8,10-11,14-15H,9,12-13H2,1-4H3,(H,30,31)(H2,28,29,34)/t14-,15-/m0/s1. The molecular formula is C26H29ClN6O2S. The van der Waals surface area contributed by atoms with Crippen molar-refractivity contribution in [2.45, 2.75) is 38.9 Å². The smallest absolute Gasteiger partial charge is 0.261 e. The first-order valence-electron chi connectivity index (χ1n) is 11.9. The van der Waals surface area contributed by atoms with Crippen molar-refractivity contribution >= 4 is 45.6 Å². The lowest BCUT2D eigenvalue weighted by molar-refractivity contribution is 0.0692. The van der Waals surface area contributed by atoms with Gasteiger partial charge in [-0.2, -0.15) is 0 Å². The summed E-state index contributed by atoms with van der Waals surface area (Å²) in [5.74, 6) is 0.489. The fourth-order valence-electron chi connectivity index (χ4n) is 4.84. The van der Waals surface area contributed by atoms with Crippen molar-refractivity contribution < 1.29 is 4.79 Å². The Balaban J connectivity index is 1.44. The molecule has 0 spiro atoms. The van der Waals surface area contributed by atoms with Gasteiger partial charge in [-0.3, -0.25) is 9.59 Å². The van der Waals surface area contributed by atoms with Crippen LogP contribution >= 0.6 is 22.9 Å². The molecule has 0 aliphatic carbocycles. The summed E-state index contributed by atoms with van der Waals surface area (Å²) in [5, 5.41) is 6.18. The minimum absolute atomic E-state index is 0.0263. The van der Waals surface area contributed by atoms with Gasteiger partial charge in [0.15, 0.2) is 0 Å². The lowest BCUT2D eigenvalue weighted by atomic mass is 10.1. The van der Waals surface area contributed by atoms with E-state index < -0.39 is 0 Å². The van der Waals surface area contributed by atoms with Crippen LogP contribution in [0.5, 0.6) is 0 Å². The summed E-state index contributed by atoms with van der Waals surface area (Å²) in [6.07, 6.45) is 2.36. The Morgan fingerprint density at radius 1 is 1.25 bits per heavy atom. The van der Waals surface area contributed by atoms with Crippen LogP contribution in [0.3, 0.4) is 0 Å². The number of fused-ring (bicyclic) bond motifs is 2. The van der Waals surface area contributed by atoms with Gasteiger partial charge in [0.25, 0.3) is 11.5 Å². The zero-order valence-corrected chi connectivity index (χ0v) is 22.3. The van der Waals surface area contributed by atoms with Gasteiger partial charge in [-0.15, -0.1) is 11.3 Å².